The van der Waals surface area contributed by atoms with Crippen LogP contribution in [-0.2, 0) is 4.79 Å². The summed E-state index contributed by atoms with van der Waals surface area (Å²) in [6, 6.07) is 11.1. The SMILES string of the molecule is COc1cccc(C(C)CC(=O)N2CCN(c3ccc(C(=O)O)cn3)CC2)c1. The molecule has 1 aromatic heterocycles. The number of aromatic nitrogens is 1. The molecule has 148 valence electrons. The van der Waals surface area contributed by atoms with Crippen LogP contribution in [0.2, 0.25) is 0 Å². The molecular weight excluding hydrogens is 358 g/mol. The van der Waals surface area contributed by atoms with E-state index in [0.717, 1.165) is 17.1 Å². The standard InChI is InChI=1S/C21H25N3O4/c1-15(16-4-3-5-18(13-16)28-2)12-20(25)24-10-8-23(9-11-24)19-7-6-17(14-22-19)21(26)27/h3-7,13-15H,8-12H2,1-2H3,(H,26,27). The second-order valence-electron chi connectivity index (χ2n) is 6.96. The number of benzene rings is 1. The molecule has 1 atom stereocenters. The lowest BCUT2D eigenvalue weighted by Gasteiger charge is -2.36. The van der Waals surface area contributed by atoms with Crippen LogP contribution in [0.15, 0.2) is 42.6 Å². The van der Waals surface area contributed by atoms with Crippen molar-refractivity contribution in [3.8, 4) is 5.75 Å². The van der Waals surface area contributed by atoms with E-state index in [-0.39, 0.29) is 17.4 Å². The second kappa shape index (κ2) is 8.73. The van der Waals surface area contributed by atoms with E-state index in [0.29, 0.717) is 32.6 Å². The van der Waals surface area contributed by atoms with Crippen molar-refractivity contribution >= 4 is 17.7 Å². The average Bonchev–Trinajstić information content (AvgIpc) is 2.74. The van der Waals surface area contributed by atoms with Gasteiger partial charge in [-0.1, -0.05) is 19.1 Å². The smallest absolute Gasteiger partial charge is 0.337 e. The summed E-state index contributed by atoms with van der Waals surface area (Å²) in [6.07, 6.45) is 1.82. The van der Waals surface area contributed by atoms with Crippen LogP contribution in [0.5, 0.6) is 5.75 Å². The van der Waals surface area contributed by atoms with E-state index < -0.39 is 5.97 Å². The average molecular weight is 383 g/mol. The lowest BCUT2D eigenvalue weighted by molar-refractivity contribution is -0.131. The molecule has 1 unspecified atom stereocenters. The van der Waals surface area contributed by atoms with E-state index in [1.165, 1.54) is 6.20 Å². The van der Waals surface area contributed by atoms with Crippen LogP contribution in [0.1, 0.15) is 35.2 Å². The van der Waals surface area contributed by atoms with Gasteiger partial charge in [-0.25, -0.2) is 9.78 Å². The summed E-state index contributed by atoms with van der Waals surface area (Å²) in [7, 11) is 1.64. The Balaban J connectivity index is 1.53. The lowest BCUT2D eigenvalue weighted by Crippen LogP contribution is -2.49. The maximum absolute atomic E-state index is 12.7. The predicted molar refractivity (Wildman–Crippen MR) is 106 cm³/mol. The number of piperazine rings is 1. The summed E-state index contributed by atoms with van der Waals surface area (Å²) in [5, 5.41) is 8.96. The van der Waals surface area contributed by atoms with Crippen LogP contribution in [0.4, 0.5) is 5.82 Å². The molecule has 0 bridgehead atoms. The number of nitrogens with zero attached hydrogens (tertiary/aromatic N) is 3. The lowest BCUT2D eigenvalue weighted by atomic mass is 9.97. The minimum atomic E-state index is -0.986. The second-order valence-corrected chi connectivity index (χ2v) is 6.96. The molecule has 2 aromatic rings. The Kier molecular flexibility index (Phi) is 6.13. The Hall–Kier alpha value is -3.09. The number of carboxylic acids is 1. The van der Waals surface area contributed by atoms with Crippen LogP contribution >= 0.6 is 0 Å². The van der Waals surface area contributed by atoms with Crippen LogP contribution in [-0.4, -0.2) is 60.2 Å². The zero-order chi connectivity index (χ0) is 20.1. The van der Waals surface area contributed by atoms with Gasteiger partial charge in [0.25, 0.3) is 0 Å². The van der Waals surface area contributed by atoms with Crippen molar-refractivity contribution < 1.29 is 19.4 Å². The summed E-state index contributed by atoms with van der Waals surface area (Å²) in [6.45, 7) is 4.67. The van der Waals surface area contributed by atoms with Gasteiger partial charge in [0.05, 0.1) is 12.7 Å². The number of hydrogen-bond donors (Lipinski definition) is 1. The number of aromatic carboxylic acids is 1. The van der Waals surface area contributed by atoms with Gasteiger partial charge in [0.2, 0.25) is 5.91 Å². The van der Waals surface area contributed by atoms with Crippen LogP contribution < -0.4 is 9.64 Å². The van der Waals surface area contributed by atoms with Gasteiger partial charge in [0.15, 0.2) is 0 Å². The molecule has 0 spiro atoms. The minimum absolute atomic E-state index is 0.117. The van der Waals surface area contributed by atoms with E-state index >= 15 is 0 Å². The first-order valence-corrected chi connectivity index (χ1v) is 9.34. The highest BCUT2D eigenvalue weighted by molar-refractivity contribution is 5.87. The Labute approximate surface area is 164 Å². The minimum Gasteiger partial charge on any atom is -0.497 e. The molecule has 3 rings (SSSR count). The highest BCUT2D eigenvalue weighted by atomic mass is 16.5. The number of carbonyl (C=O) groups is 2. The number of carbonyl (C=O) groups excluding carboxylic acids is 1. The molecule has 1 saturated heterocycles. The molecule has 0 saturated carbocycles. The van der Waals surface area contributed by atoms with Crippen molar-refractivity contribution in [1.29, 1.82) is 0 Å². The normalized spacial score (nSPS) is 15.2. The third-order valence-electron chi connectivity index (χ3n) is 5.09. The molecule has 1 fully saturated rings. The molecule has 0 radical (unpaired) electrons. The number of methoxy groups -OCH3 is 1. The maximum atomic E-state index is 12.7. The molecule has 1 N–H and O–H groups in total. The van der Waals surface area contributed by atoms with E-state index in [1.54, 1.807) is 19.2 Å². The van der Waals surface area contributed by atoms with Crippen LogP contribution in [0.3, 0.4) is 0 Å². The molecule has 7 nitrogen and oxygen atoms in total. The Morgan fingerprint density at radius 1 is 1.18 bits per heavy atom. The summed E-state index contributed by atoms with van der Waals surface area (Å²) in [4.78, 5) is 31.8. The van der Waals surface area contributed by atoms with E-state index in [2.05, 4.69) is 16.8 Å². The fourth-order valence-electron chi connectivity index (χ4n) is 3.34. The van der Waals surface area contributed by atoms with Gasteiger partial charge in [0.1, 0.15) is 11.6 Å². The quantitative estimate of drug-likeness (QED) is 0.826. The molecule has 28 heavy (non-hydrogen) atoms. The number of carboxylic acid groups (broad SMARTS) is 1. The Morgan fingerprint density at radius 2 is 1.93 bits per heavy atom. The third-order valence-corrected chi connectivity index (χ3v) is 5.09. The maximum Gasteiger partial charge on any atom is 0.337 e. The summed E-state index contributed by atoms with van der Waals surface area (Å²) >= 11 is 0. The van der Waals surface area contributed by atoms with Gasteiger partial charge in [-0.2, -0.15) is 0 Å². The first kappa shape index (κ1) is 19.7. The number of pyridine rings is 1. The number of anilines is 1. The van der Waals surface area contributed by atoms with E-state index in [4.69, 9.17) is 9.84 Å². The summed E-state index contributed by atoms with van der Waals surface area (Å²) in [5.74, 6) is 0.809. The topological polar surface area (TPSA) is 83.0 Å². The fraction of sp³-hybridized carbons (Fsp3) is 0.381. The van der Waals surface area contributed by atoms with Gasteiger partial charge in [-0.15, -0.1) is 0 Å². The number of rotatable bonds is 6. The molecule has 7 heteroatoms. The van der Waals surface area contributed by atoms with Crippen molar-refractivity contribution in [2.45, 2.75) is 19.3 Å². The van der Waals surface area contributed by atoms with Gasteiger partial charge in [-0.05, 0) is 35.7 Å². The van der Waals surface area contributed by atoms with Gasteiger partial charge in [0, 0.05) is 38.8 Å². The molecule has 1 aromatic carbocycles. The van der Waals surface area contributed by atoms with Crippen LogP contribution in [0, 0.1) is 0 Å². The highest BCUT2D eigenvalue weighted by Crippen LogP contribution is 2.24. The molecule has 1 aliphatic rings. The molecule has 0 aliphatic carbocycles. The first-order chi connectivity index (χ1) is 13.5. The zero-order valence-electron chi connectivity index (χ0n) is 16.2. The molecule has 2 heterocycles. The Morgan fingerprint density at radius 3 is 2.54 bits per heavy atom. The molecule has 1 amide bonds. The van der Waals surface area contributed by atoms with Crippen molar-refractivity contribution in [3.05, 3.63) is 53.7 Å². The van der Waals surface area contributed by atoms with Gasteiger partial charge >= 0.3 is 5.97 Å². The van der Waals surface area contributed by atoms with Crippen LogP contribution in [0.25, 0.3) is 0 Å². The zero-order valence-corrected chi connectivity index (χ0v) is 16.2. The predicted octanol–water partition coefficient (Wildman–Crippen LogP) is 2.63. The number of ether oxygens (including phenoxy) is 1. The number of hydrogen-bond acceptors (Lipinski definition) is 5. The van der Waals surface area contributed by atoms with Crippen molar-refractivity contribution in [2.24, 2.45) is 0 Å². The fourth-order valence-corrected chi connectivity index (χ4v) is 3.34. The monoisotopic (exact) mass is 383 g/mol. The van der Waals surface area contributed by atoms with Crippen molar-refractivity contribution in [3.63, 3.8) is 0 Å². The molecule has 1 aliphatic heterocycles. The highest BCUT2D eigenvalue weighted by Gasteiger charge is 2.23. The van der Waals surface area contributed by atoms with Crippen molar-refractivity contribution in [2.75, 3.05) is 38.2 Å². The Bertz CT molecular complexity index is 830. The molecular formula is C21H25N3O4. The van der Waals surface area contributed by atoms with Gasteiger partial charge in [-0.3, -0.25) is 4.79 Å². The largest absolute Gasteiger partial charge is 0.497 e. The summed E-state index contributed by atoms with van der Waals surface area (Å²) < 4.78 is 5.26. The number of amides is 1. The third kappa shape index (κ3) is 4.60. The van der Waals surface area contributed by atoms with E-state index in [9.17, 15) is 9.59 Å². The van der Waals surface area contributed by atoms with Crippen molar-refractivity contribution in [1.82, 2.24) is 9.88 Å². The van der Waals surface area contributed by atoms with Gasteiger partial charge < -0.3 is 19.6 Å². The first-order valence-electron chi connectivity index (χ1n) is 9.34. The summed E-state index contributed by atoms with van der Waals surface area (Å²) in [5.41, 5.74) is 1.26. The van der Waals surface area contributed by atoms with E-state index in [1.807, 2.05) is 29.2 Å².